The molecule has 0 spiro atoms. The number of urea groups is 1. The molecule has 0 atom stereocenters. The fourth-order valence-electron chi connectivity index (χ4n) is 4.02. The fraction of sp³-hybridized carbons (Fsp3) is 0.591. The first-order valence-corrected chi connectivity index (χ1v) is 10.6. The molecular weight excluding hydrogens is 379 g/mol. The van der Waals surface area contributed by atoms with E-state index in [1.54, 1.807) is 5.57 Å². The minimum atomic E-state index is -4.37. The summed E-state index contributed by atoms with van der Waals surface area (Å²) in [5.74, 6) is 0. The molecule has 1 saturated heterocycles. The Hall–Kier alpha value is -2.02. The van der Waals surface area contributed by atoms with Gasteiger partial charge in [-0.15, -0.1) is 0 Å². The lowest BCUT2D eigenvalue weighted by molar-refractivity contribution is -0.137. The lowest BCUT2D eigenvalue weighted by Crippen LogP contribution is -2.46. The molecule has 29 heavy (non-hydrogen) atoms. The maximum atomic E-state index is 12.6. The minimum absolute atomic E-state index is 0.0898. The van der Waals surface area contributed by atoms with E-state index in [4.69, 9.17) is 0 Å². The van der Waals surface area contributed by atoms with E-state index in [-0.39, 0.29) is 12.1 Å². The first-order valence-electron chi connectivity index (χ1n) is 10.6. The number of hydrogen-bond donors (Lipinski definition) is 2. The highest BCUT2D eigenvalue weighted by Gasteiger charge is 2.30. The largest absolute Gasteiger partial charge is 0.416 e. The summed E-state index contributed by atoms with van der Waals surface area (Å²) in [5.41, 5.74) is 1.18. The van der Waals surface area contributed by atoms with Gasteiger partial charge in [0.15, 0.2) is 0 Å². The number of nitrogens with one attached hydrogen (secondary N) is 2. The third-order valence-electron chi connectivity index (χ3n) is 5.70. The Kier molecular flexibility index (Phi) is 7.58. The smallest absolute Gasteiger partial charge is 0.335 e. The van der Waals surface area contributed by atoms with Crippen molar-refractivity contribution in [2.24, 2.45) is 0 Å². The maximum Gasteiger partial charge on any atom is 0.416 e. The van der Waals surface area contributed by atoms with Crippen LogP contribution in [0.2, 0.25) is 0 Å². The molecule has 0 unspecified atom stereocenters. The minimum Gasteiger partial charge on any atom is -0.335 e. The van der Waals surface area contributed by atoms with E-state index in [0.29, 0.717) is 5.69 Å². The number of benzene rings is 1. The molecular formula is C22H30F3N3O. The van der Waals surface area contributed by atoms with Gasteiger partial charge < -0.3 is 10.6 Å². The molecule has 160 valence electrons. The van der Waals surface area contributed by atoms with E-state index in [0.717, 1.165) is 44.6 Å². The molecule has 4 nitrogen and oxygen atoms in total. The Bertz CT molecular complexity index is 692. The van der Waals surface area contributed by atoms with Crippen LogP contribution in [0.1, 0.15) is 56.9 Å². The number of hydrogen-bond acceptors (Lipinski definition) is 2. The van der Waals surface area contributed by atoms with Gasteiger partial charge in [-0.1, -0.05) is 24.5 Å². The predicted molar refractivity (Wildman–Crippen MR) is 109 cm³/mol. The fourth-order valence-corrected chi connectivity index (χ4v) is 4.02. The van der Waals surface area contributed by atoms with E-state index in [1.165, 1.54) is 50.7 Å². The van der Waals surface area contributed by atoms with Crippen LogP contribution in [-0.4, -0.2) is 36.6 Å². The molecule has 1 aliphatic heterocycles. The molecule has 2 N–H and O–H groups in total. The van der Waals surface area contributed by atoms with Crippen LogP contribution < -0.4 is 10.6 Å². The Morgan fingerprint density at radius 3 is 2.41 bits per heavy atom. The topological polar surface area (TPSA) is 44.4 Å². The zero-order chi connectivity index (χ0) is 20.7. The van der Waals surface area contributed by atoms with Crippen molar-refractivity contribution in [1.29, 1.82) is 0 Å². The van der Waals surface area contributed by atoms with Crippen molar-refractivity contribution in [2.45, 2.75) is 63.6 Å². The summed E-state index contributed by atoms with van der Waals surface area (Å²) in [6.45, 7) is 2.93. The number of carbonyl (C=O) groups excluding carboxylic acids is 1. The highest BCUT2D eigenvalue weighted by atomic mass is 19.4. The quantitative estimate of drug-likeness (QED) is 0.639. The van der Waals surface area contributed by atoms with Crippen LogP contribution in [-0.2, 0) is 6.18 Å². The van der Waals surface area contributed by atoms with E-state index in [2.05, 4.69) is 21.6 Å². The van der Waals surface area contributed by atoms with E-state index < -0.39 is 11.7 Å². The SMILES string of the molecule is O=C(Nc1ccc(C(F)(F)F)cc1)NC1CCN(C/C2=C\CCCCCC2)CC1. The number of carbonyl (C=O) groups is 1. The van der Waals surface area contributed by atoms with Crippen molar-refractivity contribution in [3.8, 4) is 0 Å². The van der Waals surface area contributed by atoms with Gasteiger partial charge in [0.25, 0.3) is 0 Å². The van der Waals surface area contributed by atoms with Gasteiger partial charge in [-0.05, 0) is 62.8 Å². The Morgan fingerprint density at radius 2 is 1.72 bits per heavy atom. The first kappa shape index (κ1) is 21.7. The van der Waals surface area contributed by atoms with Crippen LogP contribution in [0.25, 0.3) is 0 Å². The van der Waals surface area contributed by atoms with Gasteiger partial charge in [-0.2, -0.15) is 13.2 Å². The highest BCUT2D eigenvalue weighted by Crippen LogP contribution is 2.29. The zero-order valence-corrected chi connectivity index (χ0v) is 16.7. The molecule has 0 saturated carbocycles. The van der Waals surface area contributed by atoms with Crippen molar-refractivity contribution < 1.29 is 18.0 Å². The van der Waals surface area contributed by atoms with Crippen molar-refractivity contribution in [3.63, 3.8) is 0 Å². The molecule has 1 heterocycles. The third-order valence-corrected chi connectivity index (χ3v) is 5.70. The summed E-state index contributed by atoms with van der Waals surface area (Å²) in [5, 5.41) is 5.56. The van der Waals surface area contributed by atoms with E-state index in [9.17, 15) is 18.0 Å². The lowest BCUT2D eigenvalue weighted by Gasteiger charge is -2.33. The molecule has 2 aliphatic rings. The van der Waals surface area contributed by atoms with Crippen molar-refractivity contribution in [3.05, 3.63) is 41.5 Å². The van der Waals surface area contributed by atoms with E-state index in [1.807, 2.05) is 0 Å². The van der Waals surface area contributed by atoms with Crippen molar-refractivity contribution in [1.82, 2.24) is 10.2 Å². The summed E-state index contributed by atoms with van der Waals surface area (Å²) < 4.78 is 37.8. The average molecular weight is 409 g/mol. The number of piperidine rings is 1. The highest BCUT2D eigenvalue weighted by molar-refractivity contribution is 5.89. The number of amides is 2. The van der Waals surface area contributed by atoms with Crippen LogP contribution in [0, 0.1) is 0 Å². The molecule has 0 bridgehead atoms. The second-order valence-electron chi connectivity index (χ2n) is 8.04. The van der Waals surface area contributed by atoms with Crippen LogP contribution >= 0.6 is 0 Å². The van der Waals surface area contributed by atoms with Gasteiger partial charge in [-0.3, -0.25) is 4.90 Å². The van der Waals surface area contributed by atoms with Gasteiger partial charge in [0.2, 0.25) is 0 Å². The summed E-state index contributed by atoms with van der Waals surface area (Å²) in [6, 6.07) is 4.20. The first-order chi connectivity index (χ1) is 13.9. The second kappa shape index (κ2) is 10.1. The Balaban J connectivity index is 1.40. The van der Waals surface area contributed by atoms with Gasteiger partial charge in [-0.25, -0.2) is 4.79 Å². The lowest BCUT2D eigenvalue weighted by atomic mass is 9.98. The number of nitrogens with zero attached hydrogens (tertiary/aromatic N) is 1. The number of alkyl halides is 3. The Labute approximate surface area is 170 Å². The van der Waals surface area contributed by atoms with Crippen LogP contribution in [0.4, 0.5) is 23.7 Å². The standard InChI is InChI=1S/C22H30F3N3O/c23-22(24,25)18-8-10-19(11-9-18)26-21(29)27-20-12-14-28(15-13-20)16-17-6-4-2-1-3-5-7-17/h6,8-11,20H,1-5,7,12-16H2,(H2,26,27,29)/b17-6-. The summed E-state index contributed by atoms with van der Waals surface area (Å²) in [7, 11) is 0. The summed E-state index contributed by atoms with van der Waals surface area (Å²) >= 11 is 0. The molecule has 7 heteroatoms. The van der Waals surface area contributed by atoms with Gasteiger partial charge in [0.05, 0.1) is 5.56 Å². The van der Waals surface area contributed by atoms with Crippen LogP contribution in [0.3, 0.4) is 0 Å². The monoisotopic (exact) mass is 409 g/mol. The molecule has 1 fully saturated rings. The predicted octanol–water partition coefficient (Wildman–Crippen LogP) is 5.57. The molecule has 1 aromatic carbocycles. The number of rotatable bonds is 4. The molecule has 1 aromatic rings. The van der Waals surface area contributed by atoms with Gasteiger partial charge in [0, 0.05) is 31.4 Å². The number of anilines is 1. The summed E-state index contributed by atoms with van der Waals surface area (Å²) in [4.78, 5) is 14.6. The third kappa shape index (κ3) is 7.07. The Morgan fingerprint density at radius 1 is 1.03 bits per heavy atom. The molecule has 0 radical (unpaired) electrons. The number of halogens is 3. The second-order valence-corrected chi connectivity index (χ2v) is 8.04. The molecule has 1 aliphatic carbocycles. The number of likely N-dealkylation sites (tertiary alicyclic amines) is 1. The van der Waals surface area contributed by atoms with Gasteiger partial charge >= 0.3 is 12.2 Å². The van der Waals surface area contributed by atoms with E-state index >= 15 is 0 Å². The van der Waals surface area contributed by atoms with Crippen molar-refractivity contribution in [2.75, 3.05) is 25.0 Å². The number of allylic oxidation sites excluding steroid dienone is 1. The zero-order valence-electron chi connectivity index (χ0n) is 16.7. The molecule has 2 amide bonds. The van der Waals surface area contributed by atoms with Crippen LogP contribution in [0.15, 0.2) is 35.9 Å². The van der Waals surface area contributed by atoms with Gasteiger partial charge in [0.1, 0.15) is 0 Å². The maximum absolute atomic E-state index is 12.6. The molecule has 3 rings (SSSR count). The summed E-state index contributed by atoms with van der Waals surface area (Å²) in [6.07, 6.45) is 7.46. The van der Waals surface area contributed by atoms with Crippen molar-refractivity contribution >= 4 is 11.7 Å². The normalized spacial score (nSPS) is 21.6. The van der Waals surface area contributed by atoms with Crippen LogP contribution in [0.5, 0.6) is 0 Å². The average Bonchev–Trinajstić information content (AvgIpc) is 2.65. The molecule has 0 aromatic heterocycles.